The summed E-state index contributed by atoms with van der Waals surface area (Å²) in [5.41, 5.74) is 3.91. The van der Waals surface area contributed by atoms with Crippen LogP contribution in [-0.2, 0) is 30.8 Å². The van der Waals surface area contributed by atoms with Gasteiger partial charge in [0.05, 0.1) is 0 Å². The Morgan fingerprint density at radius 2 is 2.10 bits per heavy atom. The van der Waals surface area contributed by atoms with Crippen LogP contribution >= 0.6 is 23.7 Å². The van der Waals surface area contributed by atoms with E-state index in [9.17, 15) is 4.79 Å². The molecule has 1 aromatic heterocycles. The normalized spacial score (nSPS) is 12.6. The van der Waals surface area contributed by atoms with Gasteiger partial charge in [0.2, 0.25) is 5.91 Å². The Kier molecular flexibility index (Phi) is 5.79. The second kappa shape index (κ2) is 7.59. The van der Waals surface area contributed by atoms with Crippen LogP contribution < -0.4 is 10.6 Å². The molecule has 1 aliphatic rings. The number of carbonyl (C=O) groups is 1. The summed E-state index contributed by atoms with van der Waals surface area (Å²) in [6.45, 7) is 2.52. The summed E-state index contributed by atoms with van der Waals surface area (Å²) in [5, 5.41) is 8.37. The van der Waals surface area contributed by atoms with Crippen molar-refractivity contribution in [2.24, 2.45) is 0 Å². The van der Waals surface area contributed by atoms with Gasteiger partial charge in [-0.15, -0.1) is 23.7 Å². The third kappa shape index (κ3) is 4.30. The van der Waals surface area contributed by atoms with Crippen molar-refractivity contribution in [3.05, 3.63) is 57.3 Å². The molecule has 1 aliphatic heterocycles. The van der Waals surface area contributed by atoms with E-state index in [1.807, 2.05) is 11.4 Å². The lowest BCUT2D eigenvalue weighted by molar-refractivity contribution is -0.121. The van der Waals surface area contributed by atoms with Gasteiger partial charge < -0.3 is 10.6 Å². The highest BCUT2D eigenvalue weighted by Gasteiger charge is 2.10. The summed E-state index contributed by atoms with van der Waals surface area (Å²) in [7, 11) is 0. The number of rotatable bonds is 5. The number of fused-ring (bicyclic) bond motifs is 1. The van der Waals surface area contributed by atoms with Crippen LogP contribution in [0.1, 0.15) is 28.0 Å². The van der Waals surface area contributed by atoms with Crippen LogP contribution in [0, 0.1) is 0 Å². The van der Waals surface area contributed by atoms with Gasteiger partial charge in [-0.3, -0.25) is 4.79 Å². The molecule has 2 aromatic rings. The molecule has 112 valence electrons. The summed E-state index contributed by atoms with van der Waals surface area (Å²) in [6, 6.07) is 10.5. The van der Waals surface area contributed by atoms with Crippen molar-refractivity contribution in [3.63, 3.8) is 0 Å². The average Bonchev–Trinajstić information content (AvgIpc) is 3.13. The van der Waals surface area contributed by atoms with Gasteiger partial charge in [0.15, 0.2) is 0 Å². The maximum Gasteiger partial charge on any atom is 0.220 e. The zero-order valence-corrected chi connectivity index (χ0v) is 13.4. The fourth-order valence-electron chi connectivity index (χ4n) is 2.44. The lowest BCUT2D eigenvalue weighted by Crippen LogP contribution is -2.22. The molecule has 0 saturated carbocycles. The molecule has 0 saturated heterocycles. The highest BCUT2D eigenvalue weighted by molar-refractivity contribution is 7.09. The Hall–Kier alpha value is -1.36. The second-order valence-electron chi connectivity index (χ2n) is 5.06. The molecule has 1 aromatic carbocycles. The van der Waals surface area contributed by atoms with Crippen LogP contribution in [0.2, 0.25) is 0 Å². The standard InChI is InChI=1S/C16H18N2OS.ClH/c19-16(6-5-15-2-1-7-20-15)18-9-12-3-4-13-10-17-11-14(13)8-12;/h1-4,7-8,17H,5-6,9-11H2,(H,18,19);1H. The smallest absolute Gasteiger partial charge is 0.220 e. The largest absolute Gasteiger partial charge is 0.352 e. The average molecular weight is 323 g/mol. The number of hydrogen-bond donors (Lipinski definition) is 2. The minimum absolute atomic E-state index is 0. The minimum atomic E-state index is 0. The number of hydrogen-bond acceptors (Lipinski definition) is 3. The predicted octanol–water partition coefficient (Wildman–Crippen LogP) is 3.02. The van der Waals surface area contributed by atoms with Gasteiger partial charge >= 0.3 is 0 Å². The van der Waals surface area contributed by atoms with Gasteiger partial charge in [-0.25, -0.2) is 0 Å². The van der Waals surface area contributed by atoms with Crippen LogP contribution in [0.15, 0.2) is 35.7 Å². The van der Waals surface area contributed by atoms with Crippen LogP contribution in [0.4, 0.5) is 0 Å². The number of nitrogens with one attached hydrogen (secondary N) is 2. The molecule has 3 rings (SSSR count). The van der Waals surface area contributed by atoms with Crippen molar-refractivity contribution < 1.29 is 4.79 Å². The molecule has 0 atom stereocenters. The quantitative estimate of drug-likeness (QED) is 0.888. The molecule has 1 amide bonds. The topological polar surface area (TPSA) is 41.1 Å². The van der Waals surface area contributed by atoms with E-state index in [-0.39, 0.29) is 18.3 Å². The fourth-order valence-corrected chi connectivity index (χ4v) is 3.15. The number of carbonyl (C=O) groups excluding carboxylic acids is 1. The third-order valence-electron chi connectivity index (χ3n) is 3.57. The summed E-state index contributed by atoms with van der Waals surface area (Å²) in [4.78, 5) is 13.1. The lowest BCUT2D eigenvalue weighted by Gasteiger charge is -2.07. The first kappa shape index (κ1) is 16.0. The zero-order chi connectivity index (χ0) is 13.8. The first-order valence-corrected chi connectivity index (χ1v) is 7.80. The summed E-state index contributed by atoms with van der Waals surface area (Å²) in [6.07, 6.45) is 1.39. The van der Waals surface area contributed by atoms with E-state index in [0.717, 1.165) is 19.5 Å². The van der Waals surface area contributed by atoms with Crippen molar-refractivity contribution in [1.82, 2.24) is 10.6 Å². The first-order chi connectivity index (χ1) is 9.81. The SMILES string of the molecule is Cl.O=C(CCc1cccs1)NCc1ccc2c(c1)CNC2. The molecule has 21 heavy (non-hydrogen) atoms. The Labute approximate surface area is 135 Å². The molecule has 0 aliphatic carbocycles. The molecular weight excluding hydrogens is 304 g/mol. The molecule has 0 unspecified atom stereocenters. The molecule has 0 spiro atoms. The molecule has 3 nitrogen and oxygen atoms in total. The van der Waals surface area contributed by atoms with Gasteiger partial charge in [-0.05, 0) is 34.6 Å². The van der Waals surface area contributed by atoms with Crippen LogP contribution in [0.5, 0.6) is 0 Å². The Morgan fingerprint density at radius 3 is 2.90 bits per heavy atom. The van der Waals surface area contributed by atoms with E-state index in [1.54, 1.807) is 11.3 Å². The molecule has 0 fully saturated rings. The van der Waals surface area contributed by atoms with Gasteiger partial charge in [0, 0.05) is 30.9 Å². The summed E-state index contributed by atoms with van der Waals surface area (Å²) < 4.78 is 0. The monoisotopic (exact) mass is 322 g/mol. The van der Waals surface area contributed by atoms with Crippen molar-refractivity contribution in [2.75, 3.05) is 0 Å². The predicted molar refractivity (Wildman–Crippen MR) is 88.7 cm³/mol. The third-order valence-corrected chi connectivity index (χ3v) is 4.51. The van der Waals surface area contributed by atoms with Crippen molar-refractivity contribution in [1.29, 1.82) is 0 Å². The molecular formula is C16H19ClN2OS. The zero-order valence-electron chi connectivity index (χ0n) is 11.7. The van der Waals surface area contributed by atoms with Crippen molar-refractivity contribution in [3.8, 4) is 0 Å². The first-order valence-electron chi connectivity index (χ1n) is 6.92. The van der Waals surface area contributed by atoms with E-state index >= 15 is 0 Å². The number of thiophene rings is 1. The van der Waals surface area contributed by atoms with Crippen LogP contribution in [-0.4, -0.2) is 5.91 Å². The van der Waals surface area contributed by atoms with Gasteiger partial charge in [0.25, 0.3) is 0 Å². The Bertz CT molecular complexity index is 598. The Morgan fingerprint density at radius 1 is 1.24 bits per heavy atom. The van der Waals surface area contributed by atoms with E-state index in [4.69, 9.17) is 0 Å². The van der Waals surface area contributed by atoms with Crippen molar-refractivity contribution in [2.45, 2.75) is 32.5 Å². The van der Waals surface area contributed by atoms with Crippen LogP contribution in [0.25, 0.3) is 0 Å². The maximum absolute atomic E-state index is 11.8. The van der Waals surface area contributed by atoms with Gasteiger partial charge in [-0.2, -0.15) is 0 Å². The van der Waals surface area contributed by atoms with Crippen molar-refractivity contribution >= 4 is 29.7 Å². The molecule has 5 heteroatoms. The molecule has 2 N–H and O–H groups in total. The number of amides is 1. The fraction of sp³-hybridized carbons (Fsp3) is 0.312. The minimum Gasteiger partial charge on any atom is -0.352 e. The van der Waals surface area contributed by atoms with E-state index < -0.39 is 0 Å². The van der Waals surface area contributed by atoms with Gasteiger partial charge in [0.1, 0.15) is 0 Å². The van der Waals surface area contributed by atoms with E-state index in [1.165, 1.54) is 21.6 Å². The molecule has 0 radical (unpaired) electrons. The highest BCUT2D eigenvalue weighted by Crippen LogP contribution is 2.17. The number of aryl methyl sites for hydroxylation is 1. The molecule has 2 heterocycles. The highest BCUT2D eigenvalue weighted by atomic mass is 35.5. The maximum atomic E-state index is 11.8. The summed E-state index contributed by atoms with van der Waals surface area (Å²) in [5.74, 6) is 0.122. The van der Waals surface area contributed by atoms with Crippen LogP contribution in [0.3, 0.4) is 0 Å². The number of benzene rings is 1. The van der Waals surface area contributed by atoms with E-state index in [2.05, 4.69) is 34.9 Å². The molecule has 0 bridgehead atoms. The Balaban J connectivity index is 0.00000161. The second-order valence-corrected chi connectivity index (χ2v) is 6.09. The summed E-state index contributed by atoms with van der Waals surface area (Å²) >= 11 is 1.71. The van der Waals surface area contributed by atoms with E-state index in [0.29, 0.717) is 13.0 Å². The number of halogens is 1. The lowest BCUT2D eigenvalue weighted by atomic mass is 10.1. The van der Waals surface area contributed by atoms with Gasteiger partial charge in [-0.1, -0.05) is 24.3 Å².